The maximum atomic E-state index is 13.6. The van der Waals surface area contributed by atoms with Crippen LogP contribution in [-0.4, -0.2) is 29.2 Å². The number of nitrogens with zero attached hydrogens (tertiary/aromatic N) is 1. The topological polar surface area (TPSA) is 66.5 Å². The highest BCUT2D eigenvalue weighted by molar-refractivity contribution is 6.22. The van der Waals surface area contributed by atoms with Gasteiger partial charge in [0.05, 0.1) is 11.1 Å². The average Bonchev–Trinajstić information content (AvgIpc) is 2.85. The molecular formula is C19H15FN2O3. The third kappa shape index (κ3) is 3.06. The zero-order valence-corrected chi connectivity index (χ0v) is 13.3. The summed E-state index contributed by atoms with van der Waals surface area (Å²) >= 11 is 0. The highest BCUT2D eigenvalue weighted by atomic mass is 19.1. The van der Waals surface area contributed by atoms with Crippen LogP contribution in [0.1, 0.15) is 36.6 Å². The number of fused-ring (bicyclic) bond motifs is 1. The van der Waals surface area contributed by atoms with Crippen molar-refractivity contribution in [1.29, 1.82) is 0 Å². The van der Waals surface area contributed by atoms with Crippen molar-refractivity contribution in [3.05, 3.63) is 83.2 Å². The van der Waals surface area contributed by atoms with Crippen LogP contribution in [-0.2, 0) is 6.54 Å². The summed E-state index contributed by atoms with van der Waals surface area (Å²) in [6.45, 7) is 3.66. The maximum absolute atomic E-state index is 13.6. The Bertz CT molecular complexity index is 892. The van der Waals surface area contributed by atoms with Crippen LogP contribution in [0.4, 0.5) is 4.39 Å². The molecule has 3 amide bonds. The molecule has 0 unspecified atom stereocenters. The first-order valence-electron chi connectivity index (χ1n) is 7.65. The maximum Gasteiger partial charge on any atom is 0.261 e. The van der Waals surface area contributed by atoms with E-state index in [2.05, 4.69) is 11.9 Å². The zero-order valence-electron chi connectivity index (χ0n) is 13.3. The van der Waals surface area contributed by atoms with Crippen molar-refractivity contribution in [3.63, 3.8) is 0 Å². The van der Waals surface area contributed by atoms with E-state index in [1.165, 1.54) is 30.3 Å². The number of halogens is 1. The van der Waals surface area contributed by atoms with E-state index in [0.29, 0.717) is 5.56 Å². The highest BCUT2D eigenvalue weighted by Crippen LogP contribution is 2.24. The molecule has 0 aliphatic carbocycles. The number of carbonyl (C=O) groups excluding carboxylic acids is 3. The molecular weight excluding hydrogens is 323 g/mol. The predicted molar refractivity (Wildman–Crippen MR) is 89.6 cm³/mol. The molecule has 1 aliphatic heterocycles. The van der Waals surface area contributed by atoms with Crippen molar-refractivity contribution in [2.45, 2.75) is 6.54 Å². The van der Waals surface area contributed by atoms with Crippen LogP contribution in [0, 0.1) is 5.82 Å². The molecule has 0 saturated heterocycles. The molecule has 1 heterocycles. The fraction of sp³-hybridized carbons (Fsp3) is 0.105. The Hall–Kier alpha value is -3.28. The van der Waals surface area contributed by atoms with E-state index in [0.717, 1.165) is 4.90 Å². The van der Waals surface area contributed by atoms with Gasteiger partial charge in [-0.2, -0.15) is 0 Å². The summed E-state index contributed by atoms with van der Waals surface area (Å²) in [5, 5.41) is 2.60. The first-order valence-corrected chi connectivity index (χ1v) is 7.65. The molecule has 0 aromatic heterocycles. The fourth-order valence-electron chi connectivity index (χ4n) is 2.65. The third-order valence-corrected chi connectivity index (χ3v) is 3.94. The summed E-state index contributed by atoms with van der Waals surface area (Å²) in [6.07, 6.45) is 1.46. The summed E-state index contributed by atoms with van der Waals surface area (Å²) in [7, 11) is 0. The van der Waals surface area contributed by atoms with Crippen molar-refractivity contribution < 1.29 is 18.8 Å². The molecule has 0 atom stereocenters. The number of amides is 3. The molecule has 0 radical (unpaired) electrons. The van der Waals surface area contributed by atoms with Gasteiger partial charge in [0.15, 0.2) is 0 Å². The van der Waals surface area contributed by atoms with E-state index >= 15 is 0 Å². The number of carbonyl (C=O) groups is 3. The number of hydrogen-bond acceptors (Lipinski definition) is 3. The monoisotopic (exact) mass is 338 g/mol. The van der Waals surface area contributed by atoms with Crippen LogP contribution >= 0.6 is 0 Å². The summed E-state index contributed by atoms with van der Waals surface area (Å²) in [5.41, 5.74) is 1.04. The number of benzene rings is 2. The smallest absolute Gasteiger partial charge is 0.261 e. The van der Waals surface area contributed by atoms with Crippen LogP contribution in [0.25, 0.3) is 0 Å². The largest absolute Gasteiger partial charge is 0.348 e. The standard InChI is InChI=1S/C19H15FN2O3/c1-2-9-22-18(24)14-8-7-12(10-15(14)19(22)25)17(23)21-11-13-5-3-4-6-16(13)20/h2-8,10H,1,9,11H2,(H,21,23). The molecule has 1 N–H and O–H groups in total. The lowest BCUT2D eigenvalue weighted by atomic mass is 10.1. The molecule has 2 aromatic rings. The van der Waals surface area contributed by atoms with Gasteiger partial charge in [-0.1, -0.05) is 24.3 Å². The highest BCUT2D eigenvalue weighted by Gasteiger charge is 2.35. The van der Waals surface area contributed by atoms with Crippen molar-refractivity contribution in [2.75, 3.05) is 6.54 Å². The summed E-state index contributed by atoms with van der Waals surface area (Å²) in [6, 6.07) is 10.4. The molecule has 0 bridgehead atoms. The first-order chi connectivity index (χ1) is 12.0. The lowest BCUT2D eigenvalue weighted by molar-refractivity contribution is 0.0672. The minimum absolute atomic E-state index is 0.0259. The van der Waals surface area contributed by atoms with Gasteiger partial charge in [0, 0.05) is 24.2 Å². The molecule has 2 aromatic carbocycles. The minimum Gasteiger partial charge on any atom is -0.348 e. The van der Waals surface area contributed by atoms with Gasteiger partial charge in [-0.3, -0.25) is 19.3 Å². The second-order valence-electron chi connectivity index (χ2n) is 5.54. The van der Waals surface area contributed by atoms with E-state index in [1.54, 1.807) is 18.2 Å². The fourth-order valence-corrected chi connectivity index (χ4v) is 2.65. The van der Waals surface area contributed by atoms with Gasteiger partial charge in [-0.15, -0.1) is 6.58 Å². The van der Waals surface area contributed by atoms with Crippen LogP contribution in [0.2, 0.25) is 0 Å². The molecule has 1 aliphatic rings. The van der Waals surface area contributed by atoms with Gasteiger partial charge >= 0.3 is 0 Å². The van der Waals surface area contributed by atoms with Gasteiger partial charge in [0.1, 0.15) is 5.82 Å². The van der Waals surface area contributed by atoms with Gasteiger partial charge in [0.2, 0.25) is 0 Å². The van der Waals surface area contributed by atoms with E-state index in [4.69, 9.17) is 0 Å². The Kier molecular flexibility index (Phi) is 4.43. The van der Waals surface area contributed by atoms with Gasteiger partial charge in [-0.05, 0) is 24.3 Å². The molecule has 0 spiro atoms. The van der Waals surface area contributed by atoms with Crippen LogP contribution in [0.15, 0.2) is 55.1 Å². The third-order valence-electron chi connectivity index (χ3n) is 3.94. The zero-order chi connectivity index (χ0) is 18.0. The molecule has 6 heteroatoms. The van der Waals surface area contributed by atoms with Crippen molar-refractivity contribution in [3.8, 4) is 0 Å². The number of imide groups is 1. The van der Waals surface area contributed by atoms with Crippen molar-refractivity contribution in [1.82, 2.24) is 10.2 Å². The van der Waals surface area contributed by atoms with Crippen LogP contribution < -0.4 is 5.32 Å². The molecule has 0 saturated carbocycles. The molecule has 25 heavy (non-hydrogen) atoms. The number of hydrogen-bond donors (Lipinski definition) is 1. The second-order valence-corrected chi connectivity index (χ2v) is 5.54. The van der Waals surface area contributed by atoms with Gasteiger partial charge < -0.3 is 5.32 Å². The van der Waals surface area contributed by atoms with Crippen molar-refractivity contribution in [2.24, 2.45) is 0 Å². The van der Waals surface area contributed by atoms with Crippen LogP contribution in [0.5, 0.6) is 0 Å². The van der Waals surface area contributed by atoms with Gasteiger partial charge in [0.25, 0.3) is 17.7 Å². The number of rotatable bonds is 5. The van der Waals surface area contributed by atoms with E-state index in [-0.39, 0.29) is 29.8 Å². The van der Waals surface area contributed by atoms with E-state index < -0.39 is 23.5 Å². The second kappa shape index (κ2) is 6.68. The Labute approximate surface area is 143 Å². The lowest BCUT2D eigenvalue weighted by Gasteiger charge is -2.09. The Morgan fingerprint density at radius 1 is 1.12 bits per heavy atom. The van der Waals surface area contributed by atoms with E-state index in [1.807, 2.05) is 0 Å². The first kappa shape index (κ1) is 16.6. The number of nitrogens with one attached hydrogen (secondary N) is 1. The van der Waals surface area contributed by atoms with Crippen LogP contribution in [0.3, 0.4) is 0 Å². The minimum atomic E-state index is -0.455. The molecule has 5 nitrogen and oxygen atoms in total. The Morgan fingerprint density at radius 2 is 1.84 bits per heavy atom. The summed E-state index contributed by atoms with van der Waals surface area (Å²) in [4.78, 5) is 37.7. The Balaban J connectivity index is 1.78. The lowest BCUT2D eigenvalue weighted by Crippen LogP contribution is -2.29. The van der Waals surface area contributed by atoms with Gasteiger partial charge in [-0.25, -0.2) is 4.39 Å². The molecule has 3 rings (SSSR count). The normalized spacial score (nSPS) is 12.9. The average molecular weight is 338 g/mol. The predicted octanol–water partition coefficient (Wildman–Crippen LogP) is 2.54. The van der Waals surface area contributed by atoms with Crippen molar-refractivity contribution >= 4 is 17.7 Å². The molecule has 0 fully saturated rings. The van der Waals surface area contributed by atoms with E-state index in [9.17, 15) is 18.8 Å². The Morgan fingerprint density at radius 3 is 2.56 bits per heavy atom. The summed E-state index contributed by atoms with van der Waals surface area (Å²) < 4.78 is 13.6. The SMILES string of the molecule is C=CCN1C(=O)c2ccc(C(=O)NCc3ccccc3F)cc2C1=O. The quantitative estimate of drug-likeness (QED) is 0.673. The molecule has 126 valence electrons. The summed E-state index contributed by atoms with van der Waals surface area (Å²) in [5.74, 6) is -1.71.